The number of aliphatic hydroxyl groups excluding tert-OH is 1. The lowest BCUT2D eigenvalue weighted by Gasteiger charge is -2.38. The van der Waals surface area contributed by atoms with E-state index in [9.17, 15) is 71.4 Å². The van der Waals surface area contributed by atoms with Crippen LogP contribution in [0.2, 0.25) is 0 Å². The zero-order chi connectivity index (χ0) is 36.8. The molecule has 0 amide bonds. The molecule has 6 unspecified atom stereocenters. The van der Waals surface area contributed by atoms with Crippen LogP contribution in [0.15, 0.2) is 15.8 Å². The molecular weight excluding hydrogens is 788 g/mol. The van der Waals surface area contributed by atoms with Crippen molar-refractivity contribution in [1.29, 1.82) is 0 Å². The highest BCUT2D eigenvalue weighted by Crippen LogP contribution is 2.70. The Labute approximate surface area is 269 Å². The summed E-state index contributed by atoms with van der Waals surface area (Å²) in [4.78, 5) is 96.2. The van der Waals surface area contributed by atoms with E-state index in [4.69, 9.17) is 10.5 Å². The molecule has 1 aromatic heterocycles. The number of aromatic amines is 1. The average molecular weight is 815 g/mol. The largest absolute Gasteiger partial charge is 0.756 e. The van der Waals surface area contributed by atoms with Crippen LogP contribution in [0.5, 0.6) is 0 Å². The molecule has 1 fully saturated rings. The summed E-state index contributed by atoms with van der Waals surface area (Å²) >= 11 is 0. The highest BCUT2D eigenvalue weighted by molar-refractivity contribution is 7.71. The van der Waals surface area contributed by atoms with Crippen molar-refractivity contribution >= 4 is 46.9 Å². The fourth-order valence-corrected chi connectivity index (χ4v) is 11.0. The summed E-state index contributed by atoms with van der Waals surface area (Å²) in [6, 6.07) is 0. The van der Waals surface area contributed by atoms with Crippen molar-refractivity contribution in [3.63, 3.8) is 0 Å². The number of nitrogens with two attached hydrogens (primary N) is 1. The van der Waals surface area contributed by atoms with E-state index in [2.05, 4.69) is 30.6 Å². The second-order valence-electron chi connectivity index (χ2n) is 9.33. The predicted octanol–water partition coefficient (Wildman–Crippen LogP) is -3.06. The van der Waals surface area contributed by atoms with Gasteiger partial charge in [-0.1, -0.05) is 12.8 Å². The number of nitrogens with one attached hydrogen (secondary N) is 1. The number of unbranched alkanes of at least 4 members (excludes halogenated alkanes) is 3. The summed E-state index contributed by atoms with van der Waals surface area (Å²) in [5, 5.41) is 10.1. The van der Waals surface area contributed by atoms with E-state index in [1.165, 1.54) is 6.92 Å². The van der Waals surface area contributed by atoms with Crippen LogP contribution in [0.4, 0.5) is 0 Å². The molecule has 32 heteroatoms. The third kappa shape index (κ3) is 15.3. The number of aromatic nitrogens is 2. The lowest BCUT2D eigenvalue weighted by molar-refractivity contribution is -0.256. The maximum absolute atomic E-state index is 12.0. The van der Waals surface area contributed by atoms with Crippen LogP contribution in [0.1, 0.15) is 43.9 Å². The maximum Gasteiger partial charge on any atom is 0.330 e. The molecule has 1 aromatic rings. The SMILES string of the molecule is Cc1cn([C@H]2C[C@@H](O)[C@@H](COP(=O)([O-])OP(=O)([O-])OP(=O)([O-])OP(=O)([O-])OP(=O)([O-])OP(=O)([O-])OCCCCCCN)O2)c(=O)[nH]c1=O. The van der Waals surface area contributed by atoms with E-state index in [-0.39, 0.29) is 18.4 Å². The molecule has 26 nitrogen and oxygen atoms in total. The fraction of sp³-hybridized carbons (Fsp3) is 0.750. The molecule has 9 atom stereocenters. The van der Waals surface area contributed by atoms with Crippen LogP contribution in [0.25, 0.3) is 0 Å². The summed E-state index contributed by atoms with van der Waals surface area (Å²) in [7, 11) is -39.0. The molecule has 1 aliphatic rings. The van der Waals surface area contributed by atoms with Crippen molar-refractivity contribution in [2.75, 3.05) is 19.8 Å². The van der Waals surface area contributed by atoms with E-state index in [0.29, 0.717) is 25.8 Å². The summed E-state index contributed by atoms with van der Waals surface area (Å²) in [5.41, 5.74) is 3.64. The van der Waals surface area contributed by atoms with Gasteiger partial charge in [0.2, 0.25) is 0 Å². The third-order valence-corrected chi connectivity index (χ3v) is 14.4. The first-order valence-corrected chi connectivity index (χ1v) is 21.6. The Bertz CT molecular complexity index is 1680. The third-order valence-electron chi connectivity index (χ3n) is 5.41. The Hall–Kier alpha value is -0.580. The van der Waals surface area contributed by atoms with Crippen molar-refractivity contribution in [3.8, 4) is 0 Å². The number of aryl methyl sites for hydroxylation is 1. The zero-order valence-corrected chi connectivity index (χ0v) is 29.5. The van der Waals surface area contributed by atoms with Gasteiger partial charge in [0.05, 0.1) is 19.3 Å². The molecule has 2 rings (SSSR count). The molecule has 280 valence electrons. The molecule has 0 aliphatic carbocycles. The summed E-state index contributed by atoms with van der Waals surface area (Å²) < 4.78 is 102. The number of rotatable bonds is 21. The quantitative estimate of drug-likeness (QED) is 0.0819. The smallest absolute Gasteiger partial charge is 0.330 e. The van der Waals surface area contributed by atoms with Crippen molar-refractivity contribution < 1.29 is 97.2 Å². The van der Waals surface area contributed by atoms with Gasteiger partial charge in [0.1, 0.15) is 12.3 Å². The Kier molecular flexibility index (Phi) is 15.7. The molecule has 1 aliphatic heterocycles. The Balaban J connectivity index is 1.94. The van der Waals surface area contributed by atoms with E-state index in [1.54, 1.807) is 0 Å². The van der Waals surface area contributed by atoms with Crippen LogP contribution in [0, 0.1) is 6.92 Å². The van der Waals surface area contributed by atoms with Gasteiger partial charge < -0.3 is 54.0 Å². The minimum Gasteiger partial charge on any atom is -0.756 e. The van der Waals surface area contributed by atoms with Gasteiger partial charge in [0, 0.05) is 18.2 Å². The van der Waals surface area contributed by atoms with E-state index >= 15 is 0 Å². The van der Waals surface area contributed by atoms with E-state index in [0.717, 1.165) is 10.8 Å². The van der Waals surface area contributed by atoms with Crippen LogP contribution in [-0.2, 0) is 62.7 Å². The van der Waals surface area contributed by atoms with Crippen molar-refractivity contribution in [3.05, 3.63) is 32.6 Å². The topological polar surface area (TPSA) is 416 Å². The van der Waals surface area contributed by atoms with Gasteiger partial charge in [-0.15, -0.1) is 0 Å². The van der Waals surface area contributed by atoms with Crippen LogP contribution < -0.4 is 46.3 Å². The minimum atomic E-state index is -6.89. The first kappa shape index (κ1) is 43.6. The highest BCUT2D eigenvalue weighted by Gasteiger charge is 2.38. The first-order valence-electron chi connectivity index (χ1n) is 12.8. The fourth-order valence-electron chi connectivity index (χ4n) is 3.50. The second-order valence-corrected chi connectivity index (χ2v) is 18.5. The number of ether oxygens (including phenoxy) is 1. The second kappa shape index (κ2) is 17.3. The molecule has 0 radical (unpaired) electrons. The van der Waals surface area contributed by atoms with E-state index < -0.39 is 89.8 Å². The number of phosphoric ester groups is 2. The Morgan fingerprint density at radius 2 is 1.27 bits per heavy atom. The zero-order valence-electron chi connectivity index (χ0n) is 24.1. The Morgan fingerprint density at radius 3 is 1.77 bits per heavy atom. The molecule has 4 N–H and O–H groups in total. The maximum atomic E-state index is 12.0. The van der Waals surface area contributed by atoms with Gasteiger partial charge in [-0.2, -0.15) is 0 Å². The summed E-state index contributed by atoms with van der Waals surface area (Å²) in [6.45, 7) is -0.161. The number of H-pyrrole nitrogens is 1. The minimum absolute atomic E-state index is 0.0599. The Morgan fingerprint density at radius 1 is 0.812 bits per heavy atom. The molecule has 2 heterocycles. The van der Waals surface area contributed by atoms with Gasteiger partial charge in [-0.05, 0) is 26.3 Å². The monoisotopic (exact) mass is 815 g/mol. The summed E-state index contributed by atoms with van der Waals surface area (Å²) in [6.07, 6.45) is -2.10. The van der Waals surface area contributed by atoms with E-state index in [1.807, 2.05) is 4.98 Å². The normalized spacial score (nSPS) is 26.0. The lowest BCUT2D eigenvalue weighted by Crippen LogP contribution is -2.33. The number of phosphoric acid groups is 6. The van der Waals surface area contributed by atoms with Crippen LogP contribution in [-0.4, -0.2) is 46.6 Å². The van der Waals surface area contributed by atoms with Gasteiger partial charge in [-0.3, -0.25) is 41.7 Å². The van der Waals surface area contributed by atoms with Crippen molar-refractivity contribution in [1.82, 2.24) is 9.55 Å². The number of hydrogen-bond acceptors (Lipinski definition) is 24. The number of aliphatic hydroxyl groups is 1. The molecular formula is C16H27N3O23P6-6. The molecule has 0 saturated carbocycles. The predicted molar refractivity (Wildman–Crippen MR) is 141 cm³/mol. The molecule has 0 bridgehead atoms. The first-order chi connectivity index (χ1) is 21.8. The van der Waals surface area contributed by atoms with Crippen LogP contribution >= 0.6 is 46.9 Å². The standard InChI is InChI=1S/C16H33N3O23P6/c1-11-9-19(16(22)18-15(11)21)14-8-12(20)13(37-14)10-36-44(25,26)39-46(29,30)41-48(33,34)42-47(31,32)40-45(27,28)38-43(23,24)35-7-5-3-2-4-6-17/h9,12-14,20H,2-8,10,17H2,1H3,(H,23,24)(H,25,26)(H,27,28)(H,29,30)(H,31,32)(H,33,34)(H,18,21,22)/p-6/t12-,13-,14-/m1/s1. The van der Waals surface area contributed by atoms with Crippen molar-refractivity contribution in [2.24, 2.45) is 5.73 Å². The van der Waals surface area contributed by atoms with Gasteiger partial charge >= 0.3 is 5.69 Å². The molecule has 1 saturated heterocycles. The van der Waals surface area contributed by atoms with Gasteiger partial charge in [-0.25, -0.2) is 26.3 Å². The number of hydrogen-bond donors (Lipinski definition) is 3. The van der Waals surface area contributed by atoms with Gasteiger partial charge in [0.25, 0.3) is 52.5 Å². The van der Waals surface area contributed by atoms with Gasteiger partial charge in [0.15, 0.2) is 0 Å². The van der Waals surface area contributed by atoms with Crippen LogP contribution in [0.3, 0.4) is 0 Å². The van der Waals surface area contributed by atoms with Crippen molar-refractivity contribution in [2.45, 2.75) is 57.5 Å². The molecule has 0 spiro atoms. The number of nitrogens with zero attached hydrogens (tertiary/aromatic N) is 1. The lowest BCUT2D eigenvalue weighted by atomic mass is 10.2. The average Bonchev–Trinajstić information content (AvgIpc) is 3.23. The molecule has 0 aromatic carbocycles. The summed E-state index contributed by atoms with van der Waals surface area (Å²) in [5.74, 6) is 0. The highest BCUT2D eigenvalue weighted by atomic mass is 31.3. The molecule has 48 heavy (non-hydrogen) atoms.